The number of aryl methyl sites for hydroxylation is 1. The Morgan fingerprint density at radius 1 is 1.41 bits per heavy atom. The summed E-state index contributed by atoms with van der Waals surface area (Å²) in [4.78, 5) is 13.1. The highest BCUT2D eigenvalue weighted by atomic mass is 35.5. The van der Waals surface area contributed by atoms with E-state index in [0.717, 1.165) is 17.5 Å². The van der Waals surface area contributed by atoms with Crippen LogP contribution < -0.4 is 10.5 Å². The molecule has 0 aliphatic carbocycles. The number of hydrogen-bond acceptors (Lipinski definition) is 3. The molecule has 1 aliphatic rings. The lowest BCUT2D eigenvalue weighted by Gasteiger charge is -2.30. The number of likely N-dealkylation sites (tertiary alicyclic amines) is 1. The predicted molar refractivity (Wildman–Crippen MR) is 86.7 cm³/mol. The topological polar surface area (TPSA) is 54.9 Å². The highest BCUT2D eigenvalue weighted by Gasteiger charge is 2.26. The quantitative estimate of drug-likeness (QED) is 0.835. The van der Waals surface area contributed by atoms with Crippen molar-refractivity contribution in [2.75, 3.05) is 6.54 Å². The third-order valence-electron chi connectivity index (χ3n) is 4.75. The molecule has 2 heterocycles. The summed E-state index contributed by atoms with van der Waals surface area (Å²) in [6, 6.07) is 3.65. The molecule has 22 heavy (non-hydrogen) atoms. The van der Waals surface area contributed by atoms with Crippen LogP contribution in [0, 0.1) is 6.92 Å². The number of fused-ring (bicyclic) bond motifs is 1. The lowest BCUT2D eigenvalue weighted by Crippen LogP contribution is -3.14. The van der Waals surface area contributed by atoms with Crippen LogP contribution >= 0.6 is 11.6 Å². The van der Waals surface area contributed by atoms with Crippen LogP contribution in [0.4, 0.5) is 0 Å². The molecule has 3 rings (SSSR count). The van der Waals surface area contributed by atoms with Crippen molar-refractivity contribution in [2.24, 2.45) is 0 Å². The van der Waals surface area contributed by atoms with Gasteiger partial charge in [-0.05, 0) is 44.7 Å². The van der Waals surface area contributed by atoms with Crippen molar-refractivity contribution in [3.63, 3.8) is 0 Å². The molecule has 0 spiro atoms. The van der Waals surface area contributed by atoms with Gasteiger partial charge in [-0.15, -0.1) is 0 Å². The first-order valence-corrected chi connectivity index (χ1v) is 8.14. The molecule has 4 nitrogen and oxygen atoms in total. The number of phenols is 1. The van der Waals surface area contributed by atoms with Gasteiger partial charge in [-0.1, -0.05) is 11.6 Å². The van der Waals surface area contributed by atoms with E-state index in [9.17, 15) is 9.90 Å². The molecule has 1 fully saturated rings. The van der Waals surface area contributed by atoms with Crippen LogP contribution in [0.2, 0.25) is 5.02 Å². The maximum atomic E-state index is 11.7. The number of benzene rings is 1. The van der Waals surface area contributed by atoms with Gasteiger partial charge >= 0.3 is 5.63 Å². The third kappa shape index (κ3) is 2.73. The van der Waals surface area contributed by atoms with Gasteiger partial charge in [0.25, 0.3) is 0 Å². The fourth-order valence-corrected chi connectivity index (χ4v) is 3.60. The molecule has 1 saturated heterocycles. The molecule has 1 aromatic heterocycles. The van der Waals surface area contributed by atoms with E-state index in [1.165, 1.54) is 30.2 Å². The summed E-state index contributed by atoms with van der Waals surface area (Å²) >= 11 is 6.18. The van der Waals surface area contributed by atoms with Gasteiger partial charge in [-0.25, -0.2) is 4.79 Å². The molecule has 0 radical (unpaired) electrons. The monoisotopic (exact) mass is 322 g/mol. The third-order valence-corrected chi connectivity index (χ3v) is 5.04. The summed E-state index contributed by atoms with van der Waals surface area (Å²) in [6.07, 6.45) is 3.61. The number of aromatic hydroxyl groups is 1. The van der Waals surface area contributed by atoms with Crippen LogP contribution in [-0.4, -0.2) is 17.7 Å². The average Bonchev–Trinajstić information content (AvgIpc) is 2.47. The van der Waals surface area contributed by atoms with Crippen molar-refractivity contribution >= 4 is 22.6 Å². The Morgan fingerprint density at radius 3 is 2.91 bits per heavy atom. The van der Waals surface area contributed by atoms with Crippen molar-refractivity contribution in [3.8, 4) is 5.75 Å². The Balaban J connectivity index is 2.14. The van der Waals surface area contributed by atoms with Gasteiger partial charge in [0.2, 0.25) is 0 Å². The molecule has 1 aliphatic heterocycles. The molecule has 0 saturated carbocycles. The van der Waals surface area contributed by atoms with E-state index in [4.69, 9.17) is 16.0 Å². The second kappa shape index (κ2) is 5.94. The molecule has 1 aromatic carbocycles. The lowest BCUT2D eigenvalue weighted by atomic mass is 10.0. The van der Waals surface area contributed by atoms with Crippen molar-refractivity contribution in [1.82, 2.24) is 0 Å². The molecule has 0 bridgehead atoms. The Kier molecular flexibility index (Phi) is 4.15. The van der Waals surface area contributed by atoms with E-state index < -0.39 is 5.63 Å². The average molecular weight is 323 g/mol. The summed E-state index contributed by atoms with van der Waals surface area (Å²) in [5.41, 5.74) is 1.54. The van der Waals surface area contributed by atoms with Gasteiger partial charge < -0.3 is 14.4 Å². The van der Waals surface area contributed by atoms with Crippen molar-refractivity contribution in [2.45, 2.75) is 45.7 Å². The van der Waals surface area contributed by atoms with E-state index in [-0.39, 0.29) is 5.75 Å². The Bertz CT molecular complexity index is 769. The van der Waals surface area contributed by atoms with Crippen molar-refractivity contribution in [3.05, 3.63) is 38.7 Å². The normalized spacial score (nSPS) is 22.1. The molecular weight excluding hydrogens is 302 g/mol. The summed E-state index contributed by atoms with van der Waals surface area (Å²) in [5, 5.41) is 11.5. The number of rotatable bonds is 2. The number of hydrogen-bond donors (Lipinski definition) is 2. The minimum Gasteiger partial charge on any atom is -0.506 e. The van der Waals surface area contributed by atoms with Crippen LogP contribution in [0.1, 0.15) is 37.3 Å². The summed E-state index contributed by atoms with van der Waals surface area (Å²) in [7, 11) is 0. The Morgan fingerprint density at radius 2 is 2.18 bits per heavy atom. The van der Waals surface area contributed by atoms with Crippen LogP contribution in [-0.2, 0) is 6.54 Å². The first-order valence-electron chi connectivity index (χ1n) is 7.76. The van der Waals surface area contributed by atoms with E-state index >= 15 is 0 Å². The highest BCUT2D eigenvalue weighted by molar-refractivity contribution is 6.33. The maximum Gasteiger partial charge on any atom is 0.336 e. The molecule has 118 valence electrons. The fraction of sp³-hybridized carbons (Fsp3) is 0.471. The Hall–Kier alpha value is -1.52. The molecule has 2 aromatic rings. The standard InChI is InChI=1S/C17H20ClNO3/c1-10-7-15(20)22-17-12(10)8-14(18)16(21)13(17)9-19-6-4-3-5-11(19)2/h7-8,11,21H,3-6,9H2,1-2H3/p+1/t11-/m1/s1. The molecule has 1 unspecified atom stereocenters. The van der Waals surface area contributed by atoms with Crippen LogP contribution in [0.25, 0.3) is 11.0 Å². The van der Waals surface area contributed by atoms with Gasteiger partial charge in [-0.3, -0.25) is 0 Å². The highest BCUT2D eigenvalue weighted by Crippen LogP contribution is 2.35. The van der Waals surface area contributed by atoms with Gasteiger partial charge in [0.15, 0.2) is 5.58 Å². The van der Waals surface area contributed by atoms with Crippen molar-refractivity contribution < 1.29 is 14.4 Å². The van der Waals surface area contributed by atoms with Crippen LogP contribution in [0.3, 0.4) is 0 Å². The Labute approximate surface area is 134 Å². The minimum atomic E-state index is -0.394. The first kappa shape index (κ1) is 15.4. The van der Waals surface area contributed by atoms with Gasteiger partial charge in [0, 0.05) is 11.5 Å². The molecule has 0 amide bonds. The maximum absolute atomic E-state index is 11.7. The van der Waals surface area contributed by atoms with Gasteiger partial charge in [-0.2, -0.15) is 0 Å². The van der Waals surface area contributed by atoms with Crippen LogP contribution in [0.5, 0.6) is 5.75 Å². The summed E-state index contributed by atoms with van der Waals surface area (Å²) < 4.78 is 5.40. The molecular formula is C17H21ClNO3+. The zero-order valence-corrected chi connectivity index (χ0v) is 13.7. The smallest absolute Gasteiger partial charge is 0.336 e. The minimum absolute atomic E-state index is 0.0354. The lowest BCUT2D eigenvalue weighted by molar-refractivity contribution is -0.941. The molecule has 2 atom stereocenters. The van der Waals surface area contributed by atoms with Crippen molar-refractivity contribution in [1.29, 1.82) is 0 Å². The fourth-order valence-electron chi connectivity index (χ4n) is 3.38. The first-order chi connectivity index (χ1) is 10.5. The largest absolute Gasteiger partial charge is 0.506 e. The van der Waals surface area contributed by atoms with E-state index in [1.807, 2.05) is 6.92 Å². The number of quaternary nitrogens is 1. The zero-order chi connectivity index (χ0) is 15.9. The molecule has 5 heteroatoms. The van der Waals surface area contributed by atoms with E-state index in [1.54, 1.807) is 6.07 Å². The second-order valence-electron chi connectivity index (χ2n) is 6.29. The van der Waals surface area contributed by atoms with Gasteiger partial charge in [0.05, 0.1) is 23.2 Å². The second-order valence-corrected chi connectivity index (χ2v) is 6.70. The van der Waals surface area contributed by atoms with E-state index in [0.29, 0.717) is 28.8 Å². The summed E-state index contributed by atoms with van der Waals surface area (Å²) in [5.74, 6) is 0.0354. The number of phenolic OH excluding ortho intramolecular Hbond substituents is 1. The number of piperidine rings is 1. The number of halogens is 1. The van der Waals surface area contributed by atoms with Crippen LogP contribution in [0.15, 0.2) is 21.3 Å². The SMILES string of the molecule is Cc1cc(=O)oc2c(C[NH+]3CCCC[C@H]3C)c(O)c(Cl)cc12. The number of nitrogens with one attached hydrogen (secondary N) is 1. The summed E-state index contributed by atoms with van der Waals surface area (Å²) in [6.45, 7) is 5.76. The van der Waals surface area contributed by atoms with Gasteiger partial charge in [0.1, 0.15) is 12.3 Å². The molecule has 2 N–H and O–H groups in total. The van der Waals surface area contributed by atoms with E-state index in [2.05, 4.69) is 6.92 Å². The zero-order valence-electron chi connectivity index (χ0n) is 12.9. The predicted octanol–water partition coefficient (Wildman–Crippen LogP) is 2.42.